The molecule has 2 amide bonds. The van der Waals surface area contributed by atoms with Crippen LogP contribution in [0.15, 0.2) is 54.0 Å². The molecule has 1 saturated heterocycles. The highest BCUT2D eigenvalue weighted by molar-refractivity contribution is 6.12. The number of carbonyl (C=O) groups excluding carboxylic acids is 2. The number of piperazine rings is 1. The predicted octanol–water partition coefficient (Wildman–Crippen LogP) is 5.47. The first-order valence-corrected chi connectivity index (χ1v) is 16.4. The minimum absolute atomic E-state index is 0.0465. The Morgan fingerprint density at radius 1 is 1.12 bits per heavy atom. The molecule has 1 saturated carbocycles. The van der Waals surface area contributed by atoms with Crippen molar-refractivity contribution >= 4 is 34.2 Å². The van der Waals surface area contributed by atoms with E-state index in [-0.39, 0.29) is 47.5 Å². The summed E-state index contributed by atoms with van der Waals surface area (Å²) in [6.07, 6.45) is 4.81. The molecule has 2 aliphatic heterocycles. The van der Waals surface area contributed by atoms with Crippen LogP contribution in [0.4, 0.5) is 15.8 Å². The molecular weight excluding hydrogens is 611 g/mol. The standard InChI is InChI=1S/C37H39FN6O4/c1-8-28(45)42-18-26-36(46)41(6)34-33(43(26)17-21(42)5)24-16-23(22-12-13-22)31(29-25(38)10-9-11-27(29)48-7)40-35(24)44(37(34)47)32-20(4)14-15-39-30(32)19(2)3/h8-11,14-16,19,21-22,26H,1,12-13,17-18H2,2-7H3/t21-,26-/m1/s1. The van der Waals surface area contributed by atoms with Crippen LogP contribution in [-0.4, -0.2) is 70.6 Å². The van der Waals surface area contributed by atoms with Crippen LogP contribution in [0, 0.1) is 12.7 Å². The molecule has 0 radical (unpaired) electrons. The summed E-state index contributed by atoms with van der Waals surface area (Å²) in [6.45, 7) is 12.0. The summed E-state index contributed by atoms with van der Waals surface area (Å²) in [6, 6.07) is 7.59. The molecule has 5 heterocycles. The van der Waals surface area contributed by atoms with Gasteiger partial charge in [-0.15, -0.1) is 0 Å². The number of methoxy groups -OCH3 is 1. The lowest BCUT2D eigenvalue weighted by Gasteiger charge is -2.49. The minimum Gasteiger partial charge on any atom is -0.496 e. The molecule has 48 heavy (non-hydrogen) atoms. The maximum Gasteiger partial charge on any atom is 0.283 e. The first kappa shape index (κ1) is 31.5. The quantitative estimate of drug-likeness (QED) is 0.255. The van der Waals surface area contributed by atoms with Crippen molar-refractivity contribution in [3.8, 4) is 22.7 Å². The van der Waals surface area contributed by atoms with E-state index in [1.54, 1.807) is 34.8 Å². The van der Waals surface area contributed by atoms with Crippen molar-refractivity contribution in [2.75, 3.05) is 37.0 Å². The van der Waals surface area contributed by atoms with E-state index in [9.17, 15) is 9.59 Å². The number of pyridine rings is 3. The number of fused-ring (bicyclic) bond motifs is 5. The Balaban J connectivity index is 1.63. The van der Waals surface area contributed by atoms with Crippen molar-refractivity contribution in [3.63, 3.8) is 0 Å². The zero-order chi connectivity index (χ0) is 34.2. The first-order valence-electron chi connectivity index (χ1n) is 16.4. The number of carbonyl (C=O) groups is 2. The molecule has 4 aromatic rings. The molecule has 3 aliphatic rings. The van der Waals surface area contributed by atoms with E-state index in [2.05, 4.69) is 6.58 Å². The Morgan fingerprint density at radius 3 is 2.54 bits per heavy atom. The zero-order valence-corrected chi connectivity index (χ0v) is 28.1. The van der Waals surface area contributed by atoms with Gasteiger partial charge in [-0.25, -0.2) is 9.37 Å². The van der Waals surface area contributed by atoms with E-state index in [1.807, 2.05) is 44.7 Å². The summed E-state index contributed by atoms with van der Waals surface area (Å²) in [7, 11) is 3.11. The number of rotatable bonds is 6. The maximum atomic E-state index is 15.8. The second-order valence-corrected chi connectivity index (χ2v) is 13.4. The maximum absolute atomic E-state index is 15.8. The van der Waals surface area contributed by atoms with Crippen LogP contribution >= 0.6 is 0 Å². The van der Waals surface area contributed by atoms with Crippen LogP contribution in [0.2, 0.25) is 0 Å². The van der Waals surface area contributed by atoms with Gasteiger partial charge in [-0.1, -0.05) is 26.5 Å². The number of benzene rings is 1. The van der Waals surface area contributed by atoms with Crippen LogP contribution in [0.25, 0.3) is 28.0 Å². The van der Waals surface area contributed by atoms with Crippen molar-refractivity contribution in [3.05, 3.63) is 82.2 Å². The van der Waals surface area contributed by atoms with Gasteiger partial charge in [-0.2, -0.15) is 0 Å². The highest BCUT2D eigenvalue weighted by Crippen LogP contribution is 2.49. The second kappa shape index (κ2) is 11.6. The SMILES string of the molecule is C=CC(=O)N1C[C@@H]2C(=O)N(C)c3c(c4cc(C5CC5)c(-c5c(F)cccc5OC)nc4n(-c4c(C)ccnc4C(C)C)c3=O)N2C[C@H]1C. The van der Waals surface area contributed by atoms with Gasteiger partial charge in [0.1, 0.15) is 28.9 Å². The lowest BCUT2D eigenvalue weighted by atomic mass is 9.95. The molecule has 3 aromatic heterocycles. The average molecular weight is 651 g/mol. The first-order chi connectivity index (χ1) is 23.0. The van der Waals surface area contributed by atoms with Gasteiger partial charge in [0, 0.05) is 31.2 Å². The fraction of sp³-hybridized carbons (Fsp3) is 0.378. The number of amides is 2. The number of aromatic nitrogens is 3. The van der Waals surface area contributed by atoms with Crippen LogP contribution in [0.3, 0.4) is 0 Å². The molecule has 10 nitrogen and oxygen atoms in total. The third-order valence-corrected chi connectivity index (χ3v) is 9.94. The fourth-order valence-corrected chi connectivity index (χ4v) is 7.38. The van der Waals surface area contributed by atoms with Gasteiger partial charge in [-0.3, -0.25) is 23.9 Å². The summed E-state index contributed by atoms with van der Waals surface area (Å²) in [5.41, 5.74) is 4.33. The number of ether oxygens (including phenoxy) is 1. The lowest BCUT2D eigenvalue weighted by Crippen LogP contribution is -2.66. The van der Waals surface area contributed by atoms with Crippen LogP contribution in [-0.2, 0) is 9.59 Å². The summed E-state index contributed by atoms with van der Waals surface area (Å²) in [5, 5.41) is 0.670. The number of nitrogens with zero attached hydrogens (tertiary/aromatic N) is 6. The number of aryl methyl sites for hydroxylation is 1. The van der Waals surface area contributed by atoms with Gasteiger partial charge < -0.3 is 19.4 Å². The van der Waals surface area contributed by atoms with Gasteiger partial charge in [0.15, 0.2) is 0 Å². The number of hydrogen-bond donors (Lipinski definition) is 0. The Bertz CT molecular complexity index is 2090. The third kappa shape index (κ3) is 4.70. The van der Waals surface area contributed by atoms with E-state index in [1.165, 1.54) is 24.2 Å². The molecule has 248 valence electrons. The highest BCUT2D eigenvalue weighted by Gasteiger charge is 2.46. The number of anilines is 2. The molecular formula is C37H39FN6O4. The third-order valence-electron chi connectivity index (χ3n) is 9.94. The summed E-state index contributed by atoms with van der Waals surface area (Å²) < 4.78 is 23.0. The second-order valence-electron chi connectivity index (χ2n) is 13.4. The molecule has 0 N–H and O–H groups in total. The van der Waals surface area contributed by atoms with Crippen LogP contribution in [0.1, 0.15) is 62.3 Å². The largest absolute Gasteiger partial charge is 0.496 e. The molecule has 7 rings (SSSR count). The minimum atomic E-state index is -0.719. The normalized spacial score (nSPS) is 19.1. The Hall–Kier alpha value is -5.06. The fourth-order valence-electron chi connectivity index (χ4n) is 7.38. The summed E-state index contributed by atoms with van der Waals surface area (Å²) in [5.74, 6) is -0.568. The Kier molecular flexibility index (Phi) is 7.60. The predicted molar refractivity (Wildman–Crippen MR) is 184 cm³/mol. The molecule has 1 aromatic carbocycles. The molecule has 1 aliphatic carbocycles. The smallest absolute Gasteiger partial charge is 0.283 e. The Labute approximate surface area is 278 Å². The molecule has 11 heteroatoms. The van der Waals surface area contributed by atoms with Crippen LogP contribution in [0.5, 0.6) is 5.75 Å². The van der Waals surface area contributed by atoms with Crippen molar-refractivity contribution < 1.29 is 18.7 Å². The van der Waals surface area contributed by atoms with Gasteiger partial charge >= 0.3 is 0 Å². The number of halogens is 1. The average Bonchev–Trinajstić information content (AvgIpc) is 3.91. The van der Waals surface area contributed by atoms with E-state index < -0.39 is 17.4 Å². The number of hydrogen-bond acceptors (Lipinski definition) is 7. The van der Waals surface area contributed by atoms with E-state index in [4.69, 9.17) is 14.7 Å². The lowest BCUT2D eigenvalue weighted by molar-refractivity contribution is -0.130. The molecule has 0 unspecified atom stereocenters. The van der Waals surface area contributed by atoms with E-state index in [0.717, 1.165) is 24.0 Å². The van der Waals surface area contributed by atoms with Crippen molar-refractivity contribution in [2.45, 2.75) is 64.5 Å². The summed E-state index contributed by atoms with van der Waals surface area (Å²) in [4.78, 5) is 56.9. The van der Waals surface area contributed by atoms with Gasteiger partial charge in [0.25, 0.3) is 11.5 Å². The molecule has 0 spiro atoms. The van der Waals surface area contributed by atoms with Crippen molar-refractivity contribution in [1.29, 1.82) is 0 Å². The molecule has 0 bridgehead atoms. The van der Waals surface area contributed by atoms with Crippen molar-refractivity contribution in [2.24, 2.45) is 0 Å². The van der Waals surface area contributed by atoms with Gasteiger partial charge in [0.2, 0.25) is 5.91 Å². The van der Waals surface area contributed by atoms with Crippen molar-refractivity contribution in [1.82, 2.24) is 19.4 Å². The Morgan fingerprint density at radius 2 is 1.88 bits per heavy atom. The van der Waals surface area contributed by atoms with Gasteiger partial charge in [-0.05, 0) is 80.0 Å². The zero-order valence-electron chi connectivity index (χ0n) is 28.1. The van der Waals surface area contributed by atoms with Crippen LogP contribution < -0.4 is 20.1 Å². The number of likely N-dealkylation sites (N-methyl/N-ethyl adjacent to an activating group) is 1. The van der Waals surface area contributed by atoms with E-state index >= 15 is 9.18 Å². The monoisotopic (exact) mass is 650 g/mol. The topological polar surface area (TPSA) is 101 Å². The highest BCUT2D eigenvalue weighted by atomic mass is 19.1. The van der Waals surface area contributed by atoms with E-state index in [0.29, 0.717) is 46.1 Å². The molecule has 2 atom stereocenters. The molecule has 2 fully saturated rings. The summed E-state index contributed by atoms with van der Waals surface area (Å²) >= 11 is 0. The van der Waals surface area contributed by atoms with Gasteiger partial charge in [0.05, 0.1) is 42.0 Å².